The molecule has 29 heavy (non-hydrogen) atoms. The van der Waals surface area contributed by atoms with Gasteiger partial charge in [0.1, 0.15) is 4.21 Å². The zero-order chi connectivity index (χ0) is 21.1. The molecule has 1 aromatic rings. The van der Waals surface area contributed by atoms with Crippen molar-refractivity contribution in [2.75, 3.05) is 51.7 Å². The predicted molar refractivity (Wildman–Crippen MR) is 110 cm³/mol. The van der Waals surface area contributed by atoms with Crippen molar-refractivity contribution < 1.29 is 26.4 Å². The lowest BCUT2D eigenvalue weighted by molar-refractivity contribution is -0.125. The lowest BCUT2D eigenvalue weighted by Gasteiger charge is -2.31. The first-order valence-corrected chi connectivity index (χ1v) is 13.5. The second-order valence-electron chi connectivity index (χ2n) is 7.19. The zero-order valence-corrected chi connectivity index (χ0v) is 18.8. The van der Waals surface area contributed by atoms with E-state index < -0.39 is 26.0 Å². The maximum absolute atomic E-state index is 12.8. The summed E-state index contributed by atoms with van der Waals surface area (Å²) in [5.41, 5.74) is 0. The average Bonchev–Trinajstić information content (AvgIpc) is 3.16. The monoisotopic (exact) mass is 465 g/mol. The molecular formula is C17H27N3O6S3. The van der Waals surface area contributed by atoms with Gasteiger partial charge in [-0.05, 0) is 31.9 Å². The summed E-state index contributed by atoms with van der Waals surface area (Å²) in [6, 6.07) is 3.36. The Bertz CT molecular complexity index is 922. The maximum atomic E-state index is 12.8. The van der Waals surface area contributed by atoms with Crippen LogP contribution in [0.3, 0.4) is 0 Å². The first-order valence-electron chi connectivity index (χ1n) is 9.60. The second-order valence-corrected chi connectivity index (χ2v) is 12.7. The molecule has 0 aliphatic carbocycles. The number of thiophene rings is 1. The van der Waals surface area contributed by atoms with Crippen molar-refractivity contribution in [2.45, 2.75) is 24.0 Å². The third-order valence-corrected chi connectivity index (χ3v) is 10.3. The fourth-order valence-corrected chi connectivity index (χ4v) is 7.74. The van der Waals surface area contributed by atoms with Crippen molar-refractivity contribution in [1.29, 1.82) is 0 Å². The Hall–Kier alpha value is -1.05. The molecule has 1 N–H and O–H groups in total. The summed E-state index contributed by atoms with van der Waals surface area (Å²) in [5.74, 6) is -0.961. The Labute approximate surface area is 176 Å². The third kappa shape index (κ3) is 5.56. The Morgan fingerprint density at radius 1 is 1.17 bits per heavy atom. The molecule has 1 amide bonds. The van der Waals surface area contributed by atoms with E-state index in [2.05, 4.69) is 5.32 Å². The molecule has 2 fully saturated rings. The molecule has 0 radical (unpaired) electrons. The minimum Gasteiger partial charge on any atom is -0.379 e. The van der Waals surface area contributed by atoms with Crippen molar-refractivity contribution in [1.82, 2.24) is 13.9 Å². The highest BCUT2D eigenvalue weighted by molar-refractivity contribution is 7.91. The van der Waals surface area contributed by atoms with Gasteiger partial charge in [-0.2, -0.15) is 8.61 Å². The molecule has 2 saturated heterocycles. The second kappa shape index (κ2) is 9.40. The smallest absolute Gasteiger partial charge is 0.252 e. The normalized spacial score (nSPS) is 22.4. The van der Waals surface area contributed by atoms with Gasteiger partial charge < -0.3 is 10.1 Å². The number of morpholine rings is 1. The molecule has 0 aromatic carbocycles. The molecule has 1 unspecified atom stereocenters. The van der Waals surface area contributed by atoms with E-state index >= 15 is 0 Å². The van der Waals surface area contributed by atoms with Gasteiger partial charge in [0.05, 0.1) is 24.9 Å². The van der Waals surface area contributed by atoms with Crippen LogP contribution in [-0.2, 0) is 29.6 Å². The van der Waals surface area contributed by atoms with E-state index in [0.717, 1.165) is 4.88 Å². The Morgan fingerprint density at radius 2 is 1.90 bits per heavy atom. The van der Waals surface area contributed by atoms with E-state index in [9.17, 15) is 21.6 Å². The van der Waals surface area contributed by atoms with Crippen LogP contribution >= 0.6 is 11.3 Å². The highest BCUT2D eigenvalue weighted by Crippen LogP contribution is 2.28. The van der Waals surface area contributed by atoms with Crippen LogP contribution in [-0.4, -0.2) is 83.0 Å². The molecule has 0 saturated carbocycles. The van der Waals surface area contributed by atoms with Crippen LogP contribution in [0.15, 0.2) is 16.3 Å². The minimum atomic E-state index is -3.61. The maximum Gasteiger partial charge on any atom is 0.252 e. The molecule has 2 aliphatic heterocycles. The molecule has 9 nitrogen and oxygen atoms in total. The third-order valence-electron chi connectivity index (χ3n) is 5.09. The molecule has 1 atom stereocenters. The van der Waals surface area contributed by atoms with Crippen molar-refractivity contribution in [3.63, 3.8) is 0 Å². The van der Waals surface area contributed by atoms with E-state index in [4.69, 9.17) is 4.74 Å². The Kier molecular flexibility index (Phi) is 7.33. The predicted octanol–water partition coefficient (Wildman–Crippen LogP) is 0.235. The summed E-state index contributed by atoms with van der Waals surface area (Å²) in [4.78, 5) is 13.4. The van der Waals surface area contributed by atoms with E-state index in [1.165, 1.54) is 19.9 Å². The summed E-state index contributed by atoms with van der Waals surface area (Å²) >= 11 is 1.22. The number of piperidine rings is 1. The number of sulfonamides is 2. The summed E-state index contributed by atoms with van der Waals surface area (Å²) in [5, 5.41) is 2.67. The van der Waals surface area contributed by atoms with Gasteiger partial charge in [0.25, 0.3) is 10.0 Å². The van der Waals surface area contributed by atoms with Crippen LogP contribution in [0.5, 0.6) is 0 Å². The number of ether oxygens (including phenoxy) is 1. The Balaban J connectivity index is 1.53. The van der Waals surface area contributed by atoms with Crippen molar-refractivity contribution in [3.05, 3.63) is 17.0 Å². The fourth-order valence-electron chi connectivity index (χ4n) is 3.45. The first kappa shape index (κ1) is 22.6. The lowest BCUT2D eigenvalue weighted by Crippen LogP contribution is -2.47. The van der Waals surface area contributed by atoms with E-state index in [1.54, 1.807) is 12.1 Å². The van der Waals surface area contributed by atoms with Crippen LogP contribution in [0.1, 0.15) is 17.7 Å². The van der Waals surface area contributed by atoms with Gasteiger partial charge in [-0.1, -0.05) is 0 Å². The minimum absolute atomic E-state index is 0.00585. The molecular weight excluding hydrogens is 438 g/mol. The highest BCUT2D eigenvalue weighted by atomic mass is 32.2. The van der Waals surface area contributed by atoms with Crippen LogP contribution in [0.2, 0.25) is 0 Å². The lowest BCUT2D eigenvalue weighted by atomic mass is 9.99. The largest absolute Gasteiger partial charge is 0.379 e. The number of nitrogens with one attached hydrogen (secondary N) is 1. The van der Waals surface area contributed by atoms with Gasteiger partial charge in [0.15, 0.2) is 0 Å². The quantitative estimate of drug-likeness (QED) is 0.617. The van der Waals surface area contributed by atoms with Gasteiger partial charge >= 0.3 is 0 Å². The Morgan fingerprint density at radius 3 is 2.55 bits per heavy atom. The molecule has 1 aromatic heterocycles. The number of rotatable bonds is 7. The SMILES string of the molecule is Cc1ccc(S(=O)(=O)N2CCCC(C(=O)NCCS(=O)(=O)N3CCOCC3)C2)s1. The van der Waals surface area contributed by atoms with E-state index in [0.29, 0.717) is 45.7 Å². The van der Waals surface area contributed by atoms with Gasteiger partial charge in [0.2, 0.25) is 15.9 Å². The molecule has 3 rings (SSSR count). The number of aryl methyl sites for hydroxylation is 1. The average molecular weight is 466 g/mol. The van der Waals surface area contributed by atoms with Crippen LogP contribution in [0.25, 0.3) is 0 Å². The summed E-state index contributed by atoms with van der Waals surface area (Å²) in [7, 11) is -7.05. The van der Waals surface area contributed by atoms with Crippen LogP contribution < -0.4 is 5.32 Å². The molecule has 2 aliphatic rings. The molecule has 0 bridgehead atoms. The number of hydrogen-bond donors (Lipinski definition) is 1. The van der Waals surface area contributed by atoms with Crippen molar-refractivity contribution in [2.24, 2.45) is 5.92 Å². The number of carbonyl (C=O) groups is 1. The summed E-state index contributed by atoms with van der Waals surface area (Å²) in [6.07, 6.45) is 1.17. The van der Waals surface area contributed by atoms with Gasteiger partial charge in [-0.3, -0.25) is 4.79 Å². The standard InChI is InChI=1S/C17H27N3O6S3/c1-14-4-5-16(27-14)29(24,25)20-7-2-3-15(13-20)17(21)18-6-12-28(22,23)19-8-10-26-11-9-19/h4-5,15H,2-3,6-13H2,1H3,(H,18,21). The number of hydrogen-bond acceptors (Lipinski definition) is 7. The van der Waals surface area contributed by atoms with Crippen molar-refractivity contribution >= 4 is 37.3 Å². The summed E-state index contributed by atoms with van der Waals surface area (Å²) < 4.78 is 58.4. The fraction of sp³-hybridized carbons (Fsp3) is 0.706. The van der Waals surface area contributed by atoms with Gasteiger partial charge in [0, 0.05) is 37.6 Å². The molecule has 3 heterocycles. The van der Waals surface area contributed by atoms with Crippen LogP contribution in [0, 0.1) is 12.8 Å². The van der Waals surface area contributed by atoms with Crippen LogP contribution in [0.4, 0.5) is 0 Å². The van der Waals surface area contributed by atoms with Gasteiger partial charge in [-0.15, -0.1) is 11.3 Å². The first-order chi connectivity index (χ1) is 13.7. The summed E-state index contributed by atoms with van der Waals surface area (Å²) in [6.45, 7) is 3.76. The van der Waals surface area contributed by atoms with Gasteiger partial charge in [-0.25, -0.2) is 16.8 Å². The van der Waals surface area contributed by atoms with E-state index in [-0.39, 0.29) is 29.0 Å². The van der Waals surface area contributed by atoms with Crippen molar-refractivity contribution in [3.8, 4) is 0 Å². The zero-order valence-electron chi connectivity index (χ0n) is 16.4. The number of nitrogens with zero attached hydrogens (tertiary/aromatic N) is 2. The highest BCUT2D eigenvalue weighted by Gasteiger charge is 2.34. The topological polar surface area (TPSA) is 113 Å². The molecule has 164 valence electrons. The number of amides is 1. The number of carbonyl (C=O) groups excluding carboxylic acids is 1. The molecule has 0 spiro atoms. The molecule has 12 heteroatoms. The van der Waals surface area contributed by atoms with E-state index in [1.807, 2.05) is 6.92 Å².